The lowest BCUT2D eigenvalue weighted by molar-refractivity contribution is -0.133. The third-order valence-electron chi connectivity index (χ3n) is 5.48. The Balaban J connectivity index is 1.34. The van der Waals surface area contributed by atoms with E-state index in [1.807, 2.05) is 77.3 Å². The van der Waals surface area contributed by atoms with Crippen molar-refractivity contribution in [3.63, 3.8) is 0 Å². The first kappa shape index (κ1) is 19.9. The standard InChI is InChI=1S/C24H26N4O2/c1-18-6-4-8-22(25-18)26-24(30)20-7-5-15-28(17-20)23(29)16-19-9-11-21(12-10-19)27-13-2-3-14-27/h2-4,6,8-14,20H,5,7,15-17H2,1H3,(H,25,26,30). The molecule has 1 fully saturated rings. The summed E-state index contributed by atoms with van der Waals surface area (Å²) in [7, 11) is 0. The summed E-state index contributed by atoms with van der Waals surface area (Å²) in [4.78, 5) is 31.6. The second-order valence-corrected chi connectivity index (χ2v) is 7.77. The van der Waals surface area contributed by atoms with Gasteiger partial charge in [-0.3, -0.25) is 9.59 Å². The number of amides is 2. The molecule has 154 valence electrons. The summed E-state index contributed by atoms with van der Waals surface area (Å²) in [5.74, 6) is 0.351. The van der Waals surface area contributed by atoms with Gasteiger partial charge in [-0.15, -0.1) is 0 Å². The predicted molar refractivity (Wildman–Crippen MR) is 116 cm³/mol. The van der Waals surface area contributed by atoms with Crippen molar-refractivity contribution in [1.82, 2.24) is 14.5 Å². The molecule has 1 aromatic carbocycles. The highest BCUT2D eigenvalue weighted by molar-refractivity contribution is 5.92. The van der Waals surface area contributed by atoms with E-state index in [9.17, 15) is 9.59 Å². The van der Waals surface area contributed by atoms with Gasteiger partial charge in [-0.2, -0.15) is 0 Å². The molecular formula is C24H26N4O2. The fourth-order valence-corrected chi connectivity index (χ4v) is 3.84. The molecule has 0 spiro atoms. The van der Waals surface area contributed by atoms with E-state index in [0.29, 0.717) is 25.3 Å². The number of aryl methyl sites for hydroxylation is 1. The Morgan fingerprint density at radius 1 is 1.07 bits per heavy atom. The number of anilines is 1. The van der Waals surface area contributed by atoms with Crippen LogP contribution in [0.1, 0.15) is 24.1 Å². The molecule has 6 nitrogen and oxygen atoms in total. The maximum atomic E-state index is 12.8. The molecule has 0 bridgehead atoms. The molecular weight excluding hydrogens is 376 g/mol. The number of hydrogen-bond acceptors (Lipinski definition) is 3. The number of likely N-dealkylation sites (tertiary alicyclic amines) is 1. The molecule has 1 aliphatic rings. The van der Waals surface area contributed by atoms with Gasteiger partial charge in [0.05, 0.1) is 12.3 Å². The normalized spacial score (nSPS) is 16.3. The fraction of sp³-hybridized carbons (Fsp3) is 0.292. The molecule has 3 aromatic rings. The lowest BCUT2D eigenvalue weighted by atomic mass is 9.96. The number of carbonyl (C=O) groups excluding carboxylic acids is 2. The molecule has 1 unspecified atom stereocenters. The molecule has 6 heteroatoms. The van der Waals surface area contributed by atoms with Crippen molar-refractivity contribution < 1.29 is 9.59 Å². The summed E-state index contributed by atoms with van der Waals surface area (Å²) in [6.45, 7) is 3.05. The fourth-order valence-electron chi connectivity index (χ4n) is 3.84. The largest absolute Gasteiger partial charge is 0.342 e. The Kier molecular flexibility index (Phi) is 5.93. The van der Waals surface area contributed by atoms with Gasteiger partial charge in [0.1, 0.15) is 5.82 Å². The van der Waals surface area contributed by atoms with E-state index in [-0.39, 0.29) is 17.7 Å². The Morgan fingerprint density at radius 2 is 1.83 bits per heavy atom. The minimum absolute atomic E-state index is 0.0647. The first-order chi connectivity index (χ1) is 14.6. The molecule has 1 saturated heterocycles. The van der Waals surface area contributed by atoms with Crippen LogP contribution in [0.2, 0.25) is 0 Å². The van der Waals surface area contributed by atoms with Crippen molar-refractivity contribution in [2.45, 2.75) is 26.2 Å². The molecule has 2 amide bonds. The summed E-state index contributed by atoms with van der Waals surface area (Å²) >= 11 is 0. The van der Waals surface area contributed by atoms with Crippen molar-refractivity contribution in [2.75, 3.05) is 18.4 Å². The van der Waals surface area contributed by atoms with E-state index in [2.05, 4.69) is 10.3 Å². The SMILES string of the molecule is Cc1cccc(NC(=O)C2CCCN(C(=O)Cc3ccc(-n4cccc4)cc3)C2)n1. The van der Waals surface area contributed by atoms with Gasteiger partial charge in [-0.1, -0.05) is 18.2 Å². The highest BCUT2D eigenvalue weighted by Gasteiger charge is 2.28. The van der Waals surface area contributed by atoms with Crippen molar-refractivity contribution in [2.24, 2.45) is 5.92 Å². The molecule has 1 atom stereocenters. The first-order valence-corrected chi connectivity index (χ1v) is 10.3. The minimum Gasteiger partial charge on any atom is -0.342 e. The Labute approximate surface area is 176 Å². The van der Waals surface area contributed by atoms with E-state index in [0.717, 1.165) is 29.8 Å². The van der Waals surface area contributed by atoms with E-state index in [1.165, 1.54) is 0 Å². The number of hydrogen-bond donors (Lipinski definition) is 1. The molecule has 3 heterocycles. The number of piperidine rings is 1. The quantitative estimate of drug-likeness (QED) is 0.709. The van der Waals surface area contributed by atoms with Crippen LogP contribution in [0.4, 0.5) is 5.82 Å². The number of nitrogens with one attached hydrogen (secondary N) is 1. The van der Waals surface area contributed by atoms with Crippen LogP contribution in [0.5, 0.6) is 0 Å². The zero-order valence-corrected chi connectivity index (χ0v) is 17.1. The Morgan fingerprint density at radius 3 is 2.57 bits per heavy atom. The highest BCUT2D eigenvalue weighted by Crippen LogP contribution is 2.20. The van der Waals surface area contributed by atoms with Crippen molar-refractivity contribution in [3.8, 4) is 5.69 Å². The van der Waals surface area contributed by atoms with Crippen LogP contribution >= 0.6 is 0 Å². The zero-order chi connectivity index (χ0) is 20.9. The molecule has 1 aliphatic heterocycles. The van der Waals surface area contributed by atoms with Crippen LogP contribution in [0.25, 0.3) is 5.69 Å². The third-order valence-corrected chi connectivity index (χ3v) is 5.48. The summed E-state index contributed by atoms with van der Waals surface area (Å²) < 4.78 is 2.03. The lowest BCUT2D eigenvalue weighted by Crippen LogP contribution is -2.44. The number of pyridine rings is 1. The highest BCUT2D eigenvalue weighted by atomic mass is 16.2. The minimum atomic E-state index is -0.207. The van der Waals surface area contributed by atoms with Gasteiger partial charge in [-0.25, -0.2) is 4.98 Å². The molecule has 1 N–H and O–H groups in total. The van der Waals surface area contributed by atoms with Crippen LogP contribution in [-0.4, -0.2) is 39.4 Å². The number of nitrogens with zero attached hydrogens (tertiary/aromatic N) is 3. The van der Waals surface area contributed by atoms with Crippen LogP contribution in [0.15, 0.2) is 67.0 Å². The number of rotatable bonds is 5. The first-order valence-electron chi connectivity index (χ1n) is 10.3. The maximum absolute atomic E-state index is 12.8. The second-order valence-electron chi connectivity index (χ2n) is 7.77. The maximum Gasteiger partial charge on any atom is 0.230 e. The van der Waals surface area contributed by atoms with Crippen LogP contribution < -0.4 is 5.32 Å². The van der Waals surface area contributed by atoms with Gasteiger partial charge in [0, 0.05) is 36.9 Å². The zero-order valence-electron chi connectivity index (χ0n) is 17.1. The summed E-state index contributed by atoms with van der Waals surface area (Å²) in [5.41, 5.74) is 2.90. The summed E-state index contributed by atoms with van der Waals surface area (Å²) in [6.07, 6.45) is 5.95. The predicted octanol–water partition coefficient (Wildman–Crippen LogP) is 3.60. The van der Waals surface area contributed by atoms with Gasteiger partial charge in [0.2, 0.25) is 11.8 Å². The average Bonchev–Trinajstić information content (AvgIpc) is 3.29. The summed E-state index contributed by atoms with van der Waals surface area (Å²) in [6, 6.07) is 17.5. The third kappa shape index (κ3) is 4.76. The number of carbonyl (C=O) groups is 2. The van der Waals surface area contributed by atoms with Crippen molar-refractivity contribution >= 4 is 17.6 Å². The Bertz CT molecular complexity index is 1010. The van der Waals surface area contributed by atoms with E-state index in [1.54, 1.807) is 6.07 Å². The van der Waals surface area contributed by atoms with Gasteiger partial charge in [0.25, 0.3) is 0 Å². The number of benzene rings is 1. The molecule has 0 saturated carbocycles. The average molecular weight is 402 g/mol. The van der Waals surface area contributed by atoms with Crippen molar-refractivity contribution in [1.29, 1.82) is 0 Å². The van der Waals surface area contributed by atoms with Gasteiger partial charge in [-0.05, 0) is 61.7 Å². The summed E-state index contributed by atoms with van der Waals surface area (Å²) in [5, 5.41) is 2.89. The number of aromatic nitrogens is 2. The van der Waals surface area contributed by atoms with E-state index in [4.69, 9.17) is 0 Å². The lowest BCUT2D eigenvalue weighted by Gasteiger charge is -2.32. The van der Waals surface area contributed by atoms with Crippen molar-refractivity contribution in [3.05, 3.63) is 78.2 Å². The monoisotopic (exact) mass is 402 g/mol. The molecule has 4 rings (SSSR count). The molecule has 0 radical (unpaired) electrons. The van der Waals surface area contributed by atoms with E-state index < -0.39 is 0 Å². The topological polar surface area (TPSA) is 67.2 Å². The second kappa shape index (κ2) is 8.95. The van der Waals surface area contributed by atoms with Crippen LogP contribution in [0.3, 0.4) is 0 Å². The van der Waals surface area contributed by atoms with Crippen LogP contribution in [-0.2, 0) is 16.0 Å². The molecule has 2 aromatic heterocycles. The van der Waals surface area contributed by atoms with Gasteiger partial charge < -0.3 is 14.8 Å². The Hall–Kier alpha value is -3.41. The van der Waals surface area contributed by atoms with Gasteiger partial charge >= 0.3 is 0 Å². The van der Waals surface area contributed by atoms with Gasteiger partial charge in [0.15, 0.2) is 0 Å². The molecule has 30 heavy (non-hydrogen) atoms. The molecule has 0 aliphatic carbocycles. The van der Waals surface area contributed by atoms with Crippen LogP contribution in [0, 0.1) is 12.8 Å². The van der Waals surface area contributed by atoms with E-state index >= 15 is 0 Å². The smallest absolute Gasteiger partial charge is 0.230 e.